The van der Waals surface area contributed by atoms with Gasteiger partial charge in [-0.1, -0.05) is 6.07 Å². The van der Waals surface area contributed by atoms with E-state index in [4.69, 9.17) is 11.5 Å². The molecule has 0 atom stereocenters. The number of H-pyrrole nitrogens is 1. The molecule has 8 heteroatoms. The fraction of sp³-hybridized carbons (Fsp3) is 0.0833. The van der Waals surface area contributed by atoms with E-state index < -0.39 is 5.91 Å². The summed E-state index contributed by atoms with van der Waals surface area (Å²) in [6, 6.07) is 6.92. The van der Waals surface area contributed by atoms with Gasteiger partial charge in [-0.3, -0.25) is 14.7 Å². The number of hydrogen-bond donors (Lipinski definition) is 5. The molecule has 2 rings (SSSR count). The zero-order valence-corrected chi connectivity index (χ0v) is 10.7. The Morgan fingerprint density at radius 3 is 2.65 bits per heavy atom. The zero-order valence-electron chi connectivity index (χ0n) is 10.7. The van der Waals surface area contributed by atoms with Crippen molar-refractivity contribution in [1.29, 1.82) is 0 Å². The minimum absolute atomic E-state index is 0.0925. The van der Waals surface area contributed by atoms with Crippen molar-refractivity contribution in [3.8, 4) is 0 Å². The Morgan fingerprint density at radius 1 is 1.30 bits per heavy atom. The van der Waals surface area contributed by atoms with Crippen LogP contribution in [0.1, 0.15) is 17.3 Å². The smallest absolute Gasteiger partial charge is 0.256 e. The monoisotopic (exact) mass is 274 g/mol. The zero-order chi connectivity index (χ0) is 14.7. The van der Waals surface area contributed by atoms with Crippen LogP contribution in [0.2, 0.25) is 0 Å². The van der Waals surface area contributed by atoms with E-state index in [9.17, 15) is 9.59 Å². The van der Waals surface area contributed by atoms with Crippen LogP contribution >= 0.6 is 0 Å². The predicted octanol–water partition coefficient (Wildman–Crippen LogP) is 0.793. The minimum atomic E-state index is -0.684. The second-order valence-corrected chi connectivity index (χ2v) is 4.11. The number of benzene rings is 1. The van der Waals surface area contributed by atoms with Gasteiger partial charge in [0.2, 0.25) is 5.91 Å². The molecule has 104 valence electrons. The Morgan fingerprint density at radius 2 is 2.00 bits per heavy atom. The molecule has 0 spiro atoms. The highest BCUT2D eigenvalue weighted by molar-refractivity contribution is 6.02. The molecule has 1 aromatic heterocycles. The maximum Gasteiger partial charge on any atom is 0.256 e. The molecule has 0 aliphatic carbocycles. The number of rotatable bonds is 4. The average Bonchev–Trinajstić information content (AvgIpc) is 2.70. The average molecular weight is 274 g/mol. The number of nitrogens with one attached hydrogen (secondary N) is 3. The number of amides is 2. The summed E-state index contributed by atoms with van der Waals surface area (Å²) in [5.41, 5.74) is 12.1. The van der Waals surface area contributed by atoms with Gasteiger partial charge in [0.15, 0.2) is 5.82 Å². The molecule has 20 heavy (non-hydrogen) atoms. The van der Waals surface area contributed by atoms with E-state index in [2.05, 4.69) is 20.8 Å². The molecule has 1 aromatic carbocycles. The molecular weight excluding hydrogens is 260 g/mol. The molecule has 0 fully saturated rings. The van der Waals surface area contributed by atoms with Crippen molar-refractivity contribution in [2.24, 2.45) is 5.73 Å². The normalized spacial score (nSPS) is 10.1. The summed E-state index contributed by atoms with van der Waals surface area (Å²) in [5.74, 6) is -0.534. The molecule has 2 amide bonds. The Balaban J connectivity index is 2.26. The van der Waals surface area contributed by atoms with Crippen molar-refractivity contribution < 1.29 is 9.59 Å². The number of aromatic amines is 1. The fourth-order valence-electron chi connectivity index (χ4n) is 1.71. The SMILES string of the molecule is CC(=O)Nc1cccc(Nc2n[nH]c(N)c2C(N)=O)c1. The van der Waals surface area contributed by atoms with Crippen LogP contribution in [0.4, 0.5) is 23.0 Å². The second kappa shape index (κ2) is 5.31. The lowest BCUT2D eigenvalue weighted by Gasteiger charge is -2.07. The minimum Gasteiger partial charge on any atom is -0.383 e. The molecule has 0 bridgehead atoms. The van der Waals surface area contributed by atoms with Gasteiger partial charge < -0.3 is 22.1 Å². The van der Waals surface area contributed by atoms with Crippen LogP contribution in [0, 0.1) is 0 Å². The Labute approximate surface area is 114 Å². The van der Waals surface area contributed by atoms with Gasteiger partial charge in [0.05, 0.1) is 0 Å². The number of nitrogen functional groups attached to an aromatic ring is 1. The molecule has 0 aliphatic rings. The van der Waals surface area contributed by atoms with Crippen molar-refractivity contribution in [3.63, 3.8) is 0 Å². The molecule has 0 radical (unpaired) electrons. The summed E-state index contributed by atoms with van der Waals surface area (Å²) in [5, 5.41) is 11.9. The van der Waals surface area contributed by atoms with Crippen LogP contribution in [0.3, 0.4) is 0 Å². The summed E-state index contributed by atoms with van der Waals surface area (Å²) in [6.45, 7) is 1.42. The first kappa shape index (κ1) is 13.4. The lowest BCUT2D eigenvalue weighted by atomic mass is 10.2. The van der Waals surface area contributed by atoms with Gasteiger partial charge >= 0.3 is 0 Å². The number of nitrogens with zero attached hydrogens (tertiary/aromatic N) is 1. The van der Waals surface area contributed by atoms with Gasteiger partial charge in [0, 0.05) is 18.3 Å². The van der Waals surface area contributed by atoms with Gasteiger partial charge in [-0.25, -0.2) is 0 Å². The standard InChI is InChI=1S/C12H14N6O2/c1-6(19)15-7-3-2-4-8(5-7)16-12-9(11(14)20)10(13)17-18-12/h2-5H,1H3,(H2,14,20)(H,15,19)(H4,13,16,17,18). The Bertz CT molecular complexity index is 664. The maximum absolute atomic E-state index is 11.3. The van der Waals surface area contributed by atoms with Crippen LogP contribution < -0.4 is 22.1 Å². The molecule has 2 aromatic rings. The Hall–Kier alpha value is -3.03. The van der Waals surface area contributed by atoms with Crippen molar-refractivity contribution in [2.45, 2.75) is 6.92 Å². The predicted molar refractivity (Wildman–Crippen MR) is 75.5 cm³/mol. The lowest BCUT2D eigenvalue weighted by Crippen LogP contribution is -2.14. The lowest BCUT2D eigenvalue weighted by molar-refractivity contribution is -0.114. The fourth-order valence-corrected chi connectivity index (χ4v) is 1.71. The molecule has 1 heterocycles. The van der Waals surface area contributed by atoms with Crippen LogP contribution in [0.5, 0.6) is 0 Å². The molecular formula is C12H14N6O2. The van der Waals surface area contributed by atoms with Crippen molar-refractivity contribution in [2.75, 3.05) is 16.4 Å². The van der Waals surface area contributed by atoms with E-state index in [1.54, 1.807) is 24.3 Å². The van der Waals surface area contributed by atoms with Crippen molar-refractivity contribution in [3.05, 3.63) is 29.8 Å². The summed E-state index contributed by atoms with van der Waals surface area (Å²) in [4.78, 5) is 22.3. The first-order valence-electron chi connectivity index (χ1n) is 5.75. The van der Waals surface area contributed by atoms with Crippen molar-refractivity contribution >= 4 is 34.8 Å². The van der Waals surface area contributed by atoms with E-state index in [1.165, 1.54) is 6.92 Å². The molecule has 0 saturated heterocycles. The van der Waals surface area contributed by atoms with E-state index in [-0.39, 0.29) is 23.1 Å². The van der Waals surface area contributed by atoms with Gasteiger partial charge in [0.1, 0.15) is 11.4 Å². The van der Waals surface area contributed by atoms with Crippen LogP contribution in [0.25, 0.3) is 0 Å². The highest BCUT2D eigenvalue weighted by Crippen LogP contribution is 2.24. The number of anilines is 4. The highest BCUT2D eigenvalue weighted by atomic mass is 16.1. The third-order valence-electron chi connectivity index (χ3n) is 2.49. The third kappa shape index (κ3) is 2.86. The summed E-state index contributed by atoms with van der Waals surface area (Å²) in [7, 11) is 0. The summed E-state index contributed by atoms with van der Waals surface area (Å²) in [6.07, 6.45) is 0. The van der Waals surface area contributed by atoms with E-state index in [0.29, 0.717) is 11.4 Å². The molecule has 0 saturated carbocycles. The number of carbonyl (C=O) groups is 2. The number of carbonyl (C=O) groups excluding carboxylic acids is 2. The van der Waals surface area contributed by atoms with Gasteiger partial charge in [-0.2, -0.15) is 5.10 Å². The maximum atomic E-state index is 11.3. The second-order valence-electron chi connectivity index (χ2n) is 4.11. The molecule has 7 N–H and O–H groups in total. The highest BCUT2D eigenvalue weighted by Gasteiger charge is 2.16. The number of aromatic nitrogens is 2. The van der Waals surface area contributed by atoms with Crippen LogP contribution in [-0.2, 0) is 4.79 Å². The number of hydrogen-bond acceptors (Lipinski definition) is 5. The summed E-state index contributed by atoms with van der Waals surface area (Å²) >= 11 is 0. The molecule has 0 unspecified atom stereocenters. The third-order valence-corrected chi connectivity index (χ3v) is 2.49. The molecule has 0 aliphatic heterocycles. The van der Waals surface area contributed by atoms with Crippen molar-refractivity contribution in [1.82, 2.24) is 10.2 Å². The molecule has 8 nitrogen and oxygen atoms in total. The van der Waals surface area contributed by atoms with Crippen LogP contribution in [-0.4, -0.2) is 22.0 Å². The van der Waals surface area contributed by atoms with Crippen LogP contribution in [0.15, 0.2) is 24.3 Å². The quantitative estimate of drug-likeness (QED) is 0.561. The van der Waals surface area contributed by atoms with Gasteiger partial charge in [-0.15, -0.1) is 0 Å². The summed E-state index contributed by atoms with van der Waals surface area (Å²) < 4.78 is 0. The van der Waals surface area contributed by atoms with Gasteiger partial charge in [0.25, 0.3) is 5.91 Å². The number of primary amides is 1. The van der Waals surface area contributed by atoms with E-state index in [1.807, 2.05) is 0 Å². The first-order valence-corrected chi connectivity index (χ1v) is 5.75. The van der Waals surface area contributed by atoms with E-state index >= 15 is 0 Å². The van der Waals surface area contributed by atoms with Gasteiger partial charge in [-0.05, 0) is 18.2 Å². The topological polar surface area (TPSA) is 139 Å². The van der Waals surface area contributed by atoms with E-state index in [0.717, 1.165) is 0 Å². The Kier molecular flexibility index (Phi) is 3.56. The number of nitrogens with two attached hydrogens (primary N) is 2. The largest absolute Gasteiger partial charge is 0.383 e. The first-order chi connectivity index (χ1) is 9.47.